The first-order valence-corrected chi connectivity index (χ1v) is 7.85. The molecule has 0 aliphatic heterocycles. The van der Waals surface area contributed by atoms with Gasteiger partial charge in [0.15, 0.2) is 11.5 Å². The largest absolute Gasteiger partial charge is 0.503 e. The number of aromatic hydroxyl groups is 1. The molecule has 0 aliphatic carbocycles. The molecule has 3 N–H and O–H groups in total. The van der Waals surface area contributed by atoms with Crippen LogP contribution in [0, 0.1) is 0 Å². The van der Waals surface area contributed by atoms with Crippen LogP contribution in [0.5, 0.6) is 11.5 Å². The third-order valence-corrected chi connectivity index (χ3v) is 4.09. The molecule has 0 fully saturated rings. The maximum atomic E-state index is 12.2. The highest BCUT2D eigenvalue weighted by molar-refractivity contribution is 9.10. The molecule has 0 saturated heterocycles. The van der Waals surface area contributed by atoms with Crippen molar-refractivity contribution in [2.45, 2.75) is 0 Å². The van der Waals surface area contributed by atoms with Gasteiger partial charge in [0.1, 0.15) is 0 Å². The van der Waals surface area contributed by atoms with Crippen LogP contribution in [-0.2, 0) is 0 Å². The number of halogens is 1. The third-order valence-electron chi connectivity index (χ3n) is 3.48. The zero-order valence-electron chi connectivity index (χ0n) is 12.7. The van der Waals surface area contributed by atoms with Crippen molar-refractivity contribution < 1.29 is 14.6 Å². The molecule has 122 valence electrons. The fraction of sp³-hybridized carbons (Fsp3) is 0.0588. The monoisotopic (exact) mass is 387 g/mol. The van der Waals surface area contributed by atoms with E-state index in [1.54, 1.807) is 18.3 Å². The number of phenolic OH excluding ortho intramolecular Hbond substituents is 1. The van der Waals surface area contributed by atoms with E-state index < -0.39 is 0 Å². The van der Waals surface area contributed by atoms with Crippen molar-refractivity contribution in [2.75, 3.05) is 7.11 Å². The summed E-state index contributed by atoms with van der Waals surface area (Å²) in [6.45, 7) is 0. The van der Waals surface area contributed by atoms with E-state index in [0.29, 0.717) is 21.3 Å². The van der Waals surface area contributed by atoms with E-state index in [4.69, 9.17) is 4.74 Å². The van der Waals surface area contributed by atoms with Crippen molar-refractivity contribution in [1.29, 1.82) is 0 Å². The third kappa shape index (κ3) is 3.11. The number of carbonyl (C=O) groups excluding carboxylic acids is 1. The lowest BCUT2D eigenvalue weighted by atomic mass is 10.2. The number of ether oxygens (including phenoxy) is 1. The van der Waals surface area contributed by atoms with Crippen LogP contribution in [-0.4, -0.2) is 29.3 Å². The smallest absolute Gasteiger partial charge is 0.273 e. The Morgan fingerprint density at radius 3 is 2.96 bits per heavy atom. The van der Waals surface area contributed by atoms with Gasteiger partial charge in [-0.3, -0.25) is 4.79 Å². The molecule has 24 heavy (non-hydrogen) atoms. The maximum Gasteiger partial charge on any atom is 0.273 e. The second-order valence-electron chi connectivity index (χ2n) is 5.00. The Bertz CT molecular complexity index is 934. The van der Waals surface area contributed by atoms with E-state index in [1.807, 2.05) is 24.3 Å². The van der Waals surface area contributed by atoms with Crippen molar-refractivity contribution in [2.24, 2.45) is 5.10 Å². The van der Waals surface area contributed by atoms with Gasteiger partial charge >= 0.3 is 0 Å². The number of carbonyl (C=O) groups is 1. The summed E-state index contributed by atoms with van der Waals surface area (Å²) in [7, 11) is 1.46. The number of nitrogens with one attached hydrogen (secondary N) is 2. The average Bonchev–Trinajstić information content (AvgIpc) is 3.02. The van der Waals surface area contributed by atoms with Crippen molar-refractivity contribution in [3.63, 3.8) is 0 Å². The van der Waals surface area contributed by atoms with Gasteiger partial charge in [-0.05, 0) is 39.7 Å². The van der Waals surface area contributed by atoms with Crippen LogP contribution in [0.25, 0.3) is 10.9 Å². The summed E-state index contributed by atoms with van der Waals surface area (Å²) in [5.41, 5.74) is 4.56. The minimum atomic E-state index is -0.312. The highest BCUT2D eigenvalue weighted by Crippen LogP contribution is 2.34. The first-order chi connectivity index (χ1) is 11.6. The normalized spacial score (nSPS) is 11.1. The number of aromatic nitrogens is 1. The van der Waals surface area contributed by atoms with Crippen LogP contribution in [0.15, 0.2) is 52.2 Å². The van der Waals surface area contributed by atoms with E-state index >= 15 is 0 Å². The van der Waals surface area contributed by atoms with Crippen LogP contribution in [0.2, 0.25) is 0 Å². The van der Waals surface area contributed by atoms with Gasteiger partial charge in [-0.1, -0.05) is 18.2 Å². The molecule has 1 heterocycles. The molecular weight excluding hydrogens is 374 g/mol. The number of benzene rings is 2. The molecule has 0 radical (unpaired) electrons. The molecule has 1 aromatic heterocycles. The summed E-state index contributed by atoms with van der Waals surface area (Å²) in [6.07, 6.45) is 3.12. The van der Waals surface area contributed by atoms with Crippen molar-refractivity contribution in [3.05, 3.63) is 58.2 Å². The lowest BCUT2D eigenvalue weighted by Crippen LogP contribution is -2.17. The Hall–Kier alpha value is -2.80. The van der Waals surface area contributed by atoms with Gasteiger partial charge in [0.05, 0.1) is 23.4 Å². The van der Waals surface area contributed by atoms with Crippen LogP contribution >= 0.6 is 15.9 Å². The summed E-state index contributed by atoms with van der Waals surface area (Å²) in [6, 6.07) is 10.8. The van der Waals surface area contributed by atoms with E-state index in [2.05, 4.69) is 31.4 Å². The van der Waals surface area contributed by atoms with E-state index in [9.17, 15) is 9.90 Å². The second kappa shape index (κ2) is 6.76. The molecule has 2 aromatic carbocycles. The number of amides is 1. The van der Waals surface area contributed by atoms with E-state index in [1.165, 1.54) is 13.3 Å². The van der Waals surface area contributed by atoms with Crippen LogP contribution in [0.4, 0.5) is 0 Å². The molecule has 6 nitrogen and oxygen atoms in total. The second-order valence-corrected chi connectivity index (χ2v) is 5.85. The average molecular weight is 388 g/mol. The van der Waals surface area contributed by atoms with Gasteiger partial charge in [0, 0.05) is 17.1 Å². The number of methoxy groups -OCH3 is 1. The SMILES string of the molecule is COc1cc(C=NNC(=O)c2c[nH]c3ccccc23)cc(Br)c1O. The predicted octanol–water partition coefficient (Wildman–Crippen LogP) is 3.41. The fourth-order valence-corrected chi connectivity index (χ4v) is 2.77. The van der Waals surface area contributed by atoms with Crippen molar-refractivity contribution >= 4 is 39.0 Å². The Kier molecular flexibility index (Phi) is 4.52. The van der Waals surface area contributed by atoms with Crippen molar-refractivity contribution in [3.8, 4) is 11.5 Å². The Labute approximate surface area is 146 Å². The lowest BCUT2D eigenvalue weighted by Gasteiger charge is -2.06. The van der Waals surface area contributed by atoms with Gasteiger partial charge in [-0.15, -0.1) is 0 Å². The Morgan fingerprint density at radius 2 is 2.17 bits per heavy atom. The van der Waals surface area contributed by atoms with Gasteiger partial charge in [0.25, 0.3) is 5.91 Å². The quantitative estimate of drug-likeness (QED) is 0.473. The number of hydrogen-bond donors (Lipinski definition) is 3. The summed E-state index contributed by atoms with van der Waals surface area (Å²) in [5, 5.41) is 14.6. The molecule has 7 heteroatoms. The number of para-hydroxylation sites is 1. The summed E-state index contributed by atoms with van der Waals surface area (Å²) >= 11 is 3.23. The summed E-state index contributed by atoms with van der Waals surface area (Å²) < 4.78 is 5.55. The van der Waals surface area contributed by atoms with Gasteiger partial charge < -0.3 is 14.8 Å². The van der Waals surface area contributed by atoms with Gasteiger partial charge in [-0.2, -0.15) is 5.10 Å². The number of phenols is 1. The molecule has 1 amide bonds. The number of nitrogens with zero attached hydrogens (tertiary/aromatic N) is 1. The predicted molar refractivity (Wildman–Crippen MR) is 95.7 cm³/mol. The van der Waals surface area contributed by atoms with Gasteiger partial charge in [0.2, 0.25) is 0 Å². The Morgan fingerprint density at radius 1 is 1.38 bits per heavy atom. The molecule has 3 rings (SSSR count). The highest BCUT2D eigenvalue weighted by atomic mass is 79.9. The van der Waals surface area contributed by atoms with E-state index in [0.717, 1.165) is 10.9 Å². The molecule has 3 aromatic rings. The van der Waals surface area contributed by atoms with Crippen molar-refractivity contribution in [1.82, 2.24) is 10.4 Å². The Balaban J connectivity index is 1.77. The molecule has 0 unspecified atom stereocenters. The topological polar surface area (TPSA) is 86.7 Å². The van der Waals surface area contributed by atoms with Crippen LogP contribution in [0.1, 0.15) is 15.9 Å². The summed E-state index contributed by atoms with van der Waals surface area (Å²) in [5.74, 6) is 0.0137. The zero-order valence-corrected chi connectivity index (χ0v) is 14.3. The van der Waals surface area contributed by atoms with Crippen LogP contribution < -0.4 is 10.2 Å². The lowest BCUT2D eigenvalue weighted by molar-refractivity contribution is 0.0957. The minimum absolute atomic E-state index is 0.0116. The molecular formula is C17H14BrN3O3. The minimum Gasteiger partial charge on any atom is -0.503 e. The molecule has 0 saturated carbocycles. The fourth-order valence-electron chi connectivity index (χ4n) is 2.31. The summed E-state index contributed by atoms with van der Waals surface area (Å²) in [4.78, 5) is 15.3. The molecule has 0 spiro atoms. The zero-order chi connectivity index (χ0) is 17.1. The number of H-pyrrole nitrogens is 1. The number of aromatic amines is 1. The highest BCUT2D eigenvalue weighted by Gasteiger charge is 2.11. The van der Waals surface area contributed by atoms with E-state index in [-0.39, 0.29) is 11.7 Å². The number of hydrogen-bond acceptors (Lipinski definition) is 4. The van der Waals surface area contributed by atoms with Gasteiger partial charge in [-0.25, -0.2) is 5.43 Å². The molecule has 0 atom stereocenters. The first-order valence-electron chi connectivity index (χ1n) is 7.06. The van der Waals surface area contributed by atoms with Crippen LogP contribution in [0.3, 0.4) is 0 Å². The molecule has 0 bridgehead atoms. The number of rotatable bonds is 4. The standard InChI is InChI=1S/C17H14BrN3O3/c1-24-15-7-10(6-13(18)16(15)22)8-20-21-17(23)12-9-19-14-5-3-2-4-11(12)14/h2-9,19,22H,1H3,(H,21,23). The first kappa shape index (κ1) is 16.1. The molecule has 0 aliphatic rings. The number of fused-ring (bicyclic) bond motifs is 1. The maximum absolute atomic E-state index is 12.2. The number of hydrazone groups is 1.